The molecule has 2 heterocycles. The maximum Gasteiger partial charge on any atom is 0.219 e. The molecule has 0 spiro atoms. The molecule has 1 aromatic carbocycles. The summed E-state index contributed by atoms with van der Waals surface area (Å²) in [7, 11) is 0. The summed E-state index contributed by atoms with van der Waals surface area (Å²) in [6, 6.07) is 14.7. The average Bonchev–Trinajstić information content (AvgIpc) is 3.25. The van der Waals surface area contributed by atoms with Crippen LogP contribution in [0.15, 0.2) is 53.1 Å². The van der Waals surface area contributed by atoms with E-state index in [0.29, 0.717) is 17.8 Å². The predicted molar refractivity (Wildman–Crippen MR) is 104 cm³/mol. The van der Waals surface area contributed by atoms with Crippen LogP contribution in [0.2, 0.25) is 0 Å². The number of benzene rings is 1. The van der Waals surface area contributed by atoms with Crippen molar-refractivity contribution in [2.75, 3.05) is 26.2 Å². The van der Waals surface area contributed by atoms with Crippen molar-refractivity contribution in [2.45, 2.75) is 33.2 Å². The molecular formula is C22H30N2O2. The van der Waals surface area contributed by atoms with Gasteiger partial charge in [0.1, 0.15) is 5.76 Å². The quantitative estimate of drug-likeness (QED) is 0.754. The Morgan fingerprint density at radius 3 is 2.58 bits per heavy atom. The molecule has 0 saturated carbocycles. The van der Waals surface area contributed by atoms with Gasteiger partial charge in [0.2, 0.25) is 5.91 Å². The first kappa shape index (κ1) is 18.7. The van der Waals surface area contributed by atoms with E-state index in [1.165, 1.54) is 5.56 Å². The van der Waals surface area contributed by atoms with Crippen LogP contribution in [0.4, 0.5) is 0 Å². The van der Waals surface area contributed by atoms with Gasteiger partial charge in [-0.25, -0.2) is 0 Å². The van der Waals surface area contributed by atoms with Crippen molar-refractivity contribution in [1.82, 2.24) is 9.80 Å². The third-order valence-corrected chi connectivity index (χ3v) is 5.19. The lowest BCUT2D eigenvalue weighted by Crippen LogP contribution is -2.38. The van der Waals surface area contributed by atoms with Crippen molar-refractivity contribution in [1.29, 1.82) is 0 Å². The highest BCUT2D eigenvalue weighted by molar-refractivity contribution is 5.73. The molecule has 0 radical (unpaired) electrons. The molecule has 140 valence electrons. The molecule has 1 aromatic heterocycles. The van der Waals surface area contributed by atoms with Gasteiger partial charge in [-0.05, 0) is 29.5 Å². The zero-order valence-corrected chi connectivity index (χ0v) is 16.1. The number of carbonyl (C=O) groups excluding carboxylic acids is 1. The van der Waals surface area contributed by atoms with Gasteiger partial charge >= 0.3 is 0 Å². The van der Waals surface area contributed by atoms with Crippen molar-refractivity contribution in [3.8, 4) is 0 Å². The molecule has 1 amide bonds. The highest BCUT2D eigenvalue weighted by atomic mass is 16.3. The first-order valence-corrected chi connectivity index (χ1v) is 9.58. The Kier molecular flexibility index (Phi) is 6.15. The molecule has 1 fully saturated rings. The Bertz CT molecular complexity index is 681. The van der Waals surface area contributed by atoms with Gasteiger partial charge < -0.3 is 9.32 Å². The number of hydrogen-bond acceptors (Lipinski definition) is 3. The summed E-state index contributed by atoms with van der Waals surface area (Å²) in [5.41, 5.74) is 1.37. The Hall–Kier alpha value is -2.07. The second kappa shape index (κ2) is 8.54. The van der Waals surface area contributed by atoms with E-state index in [9.17, 15) is 4.79 Å². The monoisotopic (exact) mass is 354 g/mol. The summed E-state index contributed by atoms with van der Waals surface area (Å²) in [6.07, 6.45) is 1.73. The fraction of sp³-hybridized carbons (Fsp3) is 0.500. The number of likely N-dealkylation sites (tertiary alicyclic amines) is 1. The van der Waals surface area contributed by atoms with E-state index in [2.05, 4.69) is 49.1 Å². The lowest BCUT2D eigenvalue weighted by molar-refractivity contribution is -0.130. The smallest absolute Gasteiger partial charge is 0.219 e. The molecule has 4 nitrogen and oxygen atoms in total. The summed E-state index contributed by atoms with van der Waals surface area (Å²) in [5.74, 6) is 2.54. The van der Waals surface area contributed by atoms with Gasteiger partial charge in [-0.2, -0.15) is 0 Å². The number of furan rings is 1. The van der Waals surface area contributed by atoms with Crippen molar-refractivity contribution < 1.29 is 9.21 Å². The minimum Gasteiger partial charge on any atom is -0.468 e. The number of rotatable bonds is 7. The first-order chi connectivity index (χ1) is 12.5. The molecular weight excluding hydrogens is 324 g/mol. The average molecular weight is 354 g/mol. The molecule has 26 heavy (non-hydrogen) atoms. The summed E-state index contributed by atoms with van der Waals surface area (Å²) in [4.78, 5) is 16.6. The summed E-state index contributed by atoms with van der Waals surface area (Å²) in [5, 5.41) is 0. The standard InChI is InChI=1S/C22H30N2O2/c1-17(2)12-24(18(3)25)14-20-13-23(15-21-10-7-11-26-21)16-22(20)19-8-5-4-6-9-19/h4-11,17,20,22H,12-16H2,1-3H3. The van der Waals surface area contributed by atoms with Crippen molar-refractivity contribution in [2.24, 2.45) is 11.8 Å². The lowest BCUT2D eigenvalue weighted by Gasteiger charge is -2.29. The van der Waals surface area contributed by atoms with Crippen LogP contribution in [-0.2, 0) is 11.3 Å². The zero-order chi connectivity index (χ0) is 18.5. The van der Waals surface area contributed by atoms with Crippen LogP contribution in [0, 0.1) is 11.8 Å². The summed E-state index contributed by atoms with van der Waals surface area (Å²) >= 11 is 0. The third kappa shape index (κ3) is 4.76. The molecule has 0 aliphatic carbocycles. The SMILES string of the molecule is CC(=O)N(CC(C)C)CC1CN(Cc2ccco2)CC1c1ccccc1. The van der Waals surface area contributed by atoms with E-state index in [-0.39, 0.29) is 5.91 Å². The summed E-state index contributed by atoms with van der Waals surface area (Å²) in [6.45, 7) is 10.5. The van der Waals surface area contributed by atoms with E-state index in [4.69, 9.17) is 4.42 Å². The van der Waals surface area contributed by atoms with Crippen LogP contribution >= 0.6 is 0 Å². The normalized spacial score (nSPS) is 20.6. The van der Waals surface area contributed by atoms with Crippen molar-refractivity contribution in [3.63, 3.8) is 0 Å². The van der Waals surface area contributed by atoms with Gasteiger partial charge in [0.15, 0.2) is 0 Å². The fourth-order valence-corrected chi connectivity index (χ4v) is 4.03. The predicted octanol–water partition coefficient (Wildman–Crippen LogP) is 4.00. The van der Waals surface area contributed by atoms with Gasteiger partial charge in [-0.1, -0.05) is 44.2 Å². The van der Waals surface area contributed by atoms with Gasteiger partial charge in [-0.3, -0.25) is 9.69 Å². The number of hydrogen-bond donors (Lipinski definition) is 0. The van der Waals surface area contributed by atoms with Gasteiger partial charge in [-0.15, -0.1) is 0 Å². The molecule has 1 aliphatic rings. The molecule has 1 aliphatic heterocycles. The van der Waals surface area contributed by atoms with Gasteiger partial charge in [0.25, 0.3) is 0 Å². The van der Waals surface area contributed by atoms with Crippen LogP contribution < -0.4 is 0 Å². The Labute approximate surface area is 156 Å². The zero-order valence-electron chi connectivity index (χ0n) is 16.1. The van der Waals surface area contributed by atoms with Crippen molar-refractivity contribution in [3.05, 3.63) is 60.1 Å². The van der Waals surface area contributed by atoms with Crippen LogP contribution in [0.1, 0.15) is 38.0 Å². The molecule has 2 aromatic rings. The number of carbonyl (C=O) groups is 1. The molecule has 0 bridgehead atoms. The highest BCUT2D eigenvalue weighted by Gasteiger charge is 2.35. The first-order valence-electron chi connectivity index (χ1n) is 9.58. The highest BCUT2D eigenvalue weighted by Crippen LogP contribution is 2.34. The molecule has 1 saturated heterocycles. The van der Waals surface area contributed by atoms with E-state index in [1.54, 1.807) is 13.2 Å². The molecule has 2 atom stereocenters. The van der Waals surface area contributed by atoms with E-state index >= 15 is 0 Å². The maximum atomic E-state index is 12.1. The fourth-order valence-electron chi connectivity index (χ4n) is 4.03. The van der Waals surface area contributed by atoms with E-state index in [1.807, 2.05) is 17.0 Å². The molecule has 3 rings (SSSR count). The third-order valence-electron chi connectivity index (χ3n) is 5.19. The summed E-state index contributed by atoms with van der Waals surface area (Å²) < 4.78 is 5.54. The minimum absolute atomic E-state index is 0.176. The van der Waals surface area contributed by atoms with Crippen LogP contribution in [0.25, 0.3) is 0 Å². The van der Waals surface area contributed by atoms with Gasteiger partial charge in [0.05, 0.1) is 12.8 Å². The molecule has 4 heteroatoms. The number of amides is 1. The molecule has 0 N–H and O–H groups in total. The largest absolute Gasteiger partial charge is 0.468 e. The maximum absolute atomic E-state index is 12.1. The Morgan fingerprint density at radius 2 is 1.96 bits per heavy atom. The minimum atomic E-state index is 0.176. The lowest BCUT2D eigenvalue weighted by atomic mass is 9.88. The Balaban J connectivity index is 1.75. The van der Waals surface area contributed by atoms with Crippen LogP contribution in [-0.4, -0.2) is 41.9 Å². The van der Waals surface area contributed by atoms with Crippen LogP contribution in [0.5, 0.6) is 0 Å². The van der Waals surface area contributed by atoms with Crippen LogP contribution in [0.3, 0.4) is 0 Å². The van der Waals surface area contributed by atoms with E-state index < -0.39 is 0 Å². The van der Waals surface area contributed by atoms with Gasteiger partial charge in [0, 0.05) is 39.0 Å². The Morgan fingerprint density at radius 1 is 1.19 bits per heavy atom. The van der Waals surface area contributed by atoms with E-state index in [0.717, 1.165) is 38.5 Å². The topological polar surface area (TPSA) is 36.7 Å². The second-order valence-electron chi connectivity index (χ2n) is 7.87. The molecule has 2 unspecified atom stereocenters. The number of nitrogens with zero attached hydrogens (tertiary/aromatic N) is 2. The van der Waals surface area contributed by atoms with Crippen molar-refractivity contribution >= 4 is 5.91 Å². The second-order valence-corrected chi connectivity index (χ2v) is 7.87.